The molecule has 0 unspecified atom stereocenters. The highest BCUT2D eigenvalue weighted by molar-refractivity contribution is 5.99. The van der Waals surface area contributed by atoms with Crippen molar-refractivity contribution in [1.29, 1.82) is 0 Å². The molecule has 1 aromatic rings. The largest absolute Gasteiger partial charge is 0.496 e. The Morgan fingerprint density at radius 3 is 2.82 bits per heavy atom. The van der Waals surface area contributed by atoms with E-state index in [9.17, 15) is 4.79 Å². The molecule has 1 aliphatic carbocycles. The van der Waals surface area contributed by atoms with Gasteiger partial charge < -0.3 is 9.47 Å². The summed E-state index contributed by atoms with van der Waals surface area (Å²) < 4.78 is 10.6. The predicted molar refractivity (Wildman–Crippen MR) is 65.6 cm³/mol. The van der Waals surface area contributed by atoms with Crippen molar-refractivity contribution >= 4 is 5.78 Å². The third kappa shape index (κ3) is 3.30. The zero-order valence-corrected chi connectivity index (χ0v) is 10.4. The van der Waals surface area contributed by atoms with E-state index in [1.54, 1.807) is 13.2 Å². The third-order valence-corrected chi connectivity index (χ3v) is 2.94. The van der Waals surface area contributed by atoms with E-state index in [1.807, 2.05) is 19.1 Å². The number of hydrogen-bond donors (Lipinski definition) is 0. The van der Waals surface area contributed by atoms with Crippen LogP contribution >= 0.6 is 0 Å². The Bertz CT molecular complexity index is 408. The summed E-state index contributed by atoms with van der Waals surface area (Å²) in [5, 5.41) is 0. The fourth-order valence-electron chi connectivity index (χ4n) is 1.71. The summed E-state index contributed by atoms with van der Waals surface area (Å²) in [5.41, 5.74) is 1.69. The lowest BCUT2D eigenvalue weighted by atomic mass is 10.1. The smallest absolute Gasteiger partial charge is 0.192 e. The maximum absolute atomic E-state index is 11.9. The fraction of sp³-hybridized carbons (Fsp3) is 0.500. The van der Waals surface area contributed by atoms with Crippen molar-refractivity contribution in [3.05, 3.63) is 29.3 Å². The number of carbonyl (C=O) groups is 1. The van der Waals surface area contributed by atoms with Gasteiger partial charge in [0.15, 0.2) is 5.78 Å². The average molecular weight is 234 g/mol. The molecule has 3 nitrogen and oxygen atoms in total. The summed E-state index contributed by atoms with van der Waals surface area (Å²) in [5.74, 6) is 1.30. The Balaban J connectivity index is 1.96. The van der Waals surface area contributed by atoms with E-state index in [2.05, 4.69) is 0 Å². The van der Waals surface area contributed by atoms with Crippen LogP contribution in [0.25, 0.3) is 0 Å². The van der Waals surface area contributed by atoms with Crippen molar-refractivity contribution in [3.63, 3.8) is 0 Å². The Morgan fingerprint density at radius 2 is 2.18 bits per heavy atom. The zero-order chi connectivity index (χ0) is 12.3. The standard InChI is InChI=1S/C14H18O3/c1-10-3-6-12(14(7-10)16-2)13(15)9-17-8-11-4-5-11/h3,6-7,11H,4-5,8-9H2,1-2H3. The van der Waals surface area contributed by atoms with Crippen molar-refractivity contribution < 1.29 is 14.3 Å². The minimum Gasteiger partial charge on any atom is -0.496 e. The second kappa shape index (κ2) is 5.32. The van der Waals surface area contributed by atoms with Crippen molar-refractivity contribution in [1.82, 2.24) is 0 Å². The van der Waals surface area contributed by atoms with Gasteiger partial charge in [0, 0.05) is 0 Å². The maximum Gasteiger partial charge on any atom is 0.192 e. The fourth-order valence-corrected chi connectivity index (χ4v) is 1.71. The van der Waals surface area contributed by atoms with Gasteiger partial charge >= 0.3 is 0 Å². The molecule has 3 heteroatoms. The number of hydrogen-bond acceptors (Lipinski definition) is 3. The van der Waals surface area contributed by atoms with Gasteiger partial charge in [-0.2, -0.15) is 0 Å². The van der Waals surface area contributed by atoms with Crippen molar-refractivity contribution in [2.45, 2.75) is 19.8 Å². The highest BCUT2D eigenvalue weighted by Gasteiger charge is 2.22. The normalized spacial score (nSPS) is 14.7. The van der Waals surface area contributed by atoms with Gasteiger partial charge in [0.2, 0.25) is 0 Å². The summed E-state index contributed by atoms with van der Waals surface area (Å²) in [6, 6.07) is 5.59. The van der Waals surface area contributed by atoms with Crippen LogP contribution in [0.3, 0.4) is 0 Å². The van der Waals surface area contributed by atoms with Crippen LogP contribution in [0.1, 0.15) is 28.8 Å². The van der Waals surface area contributed by atoms with Crippen LogP contribution in [0.5, 0.6) is 5.75 Å². The van der Waals surface area contributed by atoms with Crippen LogP contribution in [0.4, 0.5) is 0 Å². The molecule has 0 amide bonds. The molecule has 0 bridgehead atoms. The third-order valence-electron chi connectivity index (χ3n) is 2.94. The number of rotatable bonds is 6. The first kappa shape index (κ1) is 12.1. The van der Waals surface area contributed by atoms with Crippen molar-refractivity contribution in [3.8, 4) is 5.75 Å². The van der Waals surface area contributed by atoms with Crippen LogP contribution in [0.15, 0.2) is 18.2 Å². The molecule has 92 valence electrons. The van der Waals surface area contributed by atoms with E-state index in [1.165, 1.54) is 12.8 Å². The topological polar surface area (TPSA) is 35.5 Å². The Morgan fingerprint density at radius 1 is 1.41 bits per heavy atom. The second-order valence-corrected chi connectivity index (χ2v) is 4.59. The molecule has 1 aromatic carbocycles. The minimum atomic E-state index is -0.0116. The number of carbonyl (C=O) groups excluding carboxylic acids is 1. The summed E-state index contributed by atoms with van der Waals surface area (Å²) >= 11 is 0. The monoisotopic (exact) mass is 234 g/mol. The molecule has 0 spiro atoms. The molecule has 1 aliphatic rings. The summed E-state index contributed by atoms with van der Waals surface area (Å²) in [6.45, 7) is 2.83. The minimum absolute atomic E-state index is 0.0116. The highest BCUT2D eigenvalue weighted by atomic mass is 16.5. The van der Waals surface area contributed by atoms with E-state index >= 15 is 0 Å². The van der Waals surface area contributed by atoms with Crippen LogP contribution in [0.2, 0.25) is 0 Å². The maximum atomic E-state index is 11.9. The number of benzene rings is 1. The first-order chi connectivity index (χ1) is 8.20. The highest BCUT2D eigenvalue weighted by Crippen LogP contribution is 2.29. The molecule has 1 saturated carbocycles. The average Bonchev–Trinajstić information content (AvgIpc) is 3.12. The molecule has 0 aliphatic heterocycles. The summed E-state index contributed by atoms with van der Waals surface area (Å²) in [7, 11) is 1.58. The lowest BCUT2D eigenvalue weighted by Crippen LogP contribution is -2.11. The van der Waals surface area contributed by atoms with Crippen molar-refractivity contribution in [2.24, 2.45) is 5.92 Å². The number of Topliss-reactive ketones (excluding diaryl/α,β-unsaturated/α-hetero) is 1. The second-order valence-electron chi connectivity index (χ2n) is 4.59. The molecule has 0 atom stereocenters. The molecular formula is C14H18O3. The van der Waals surface area contributed by atoms with Crippen LogP contribution in [-0.4, -0.2) is 26.1 Å². The van der Waals surface area contributed by atoms with E-state index in [0.29, 0.717) is 23.8 Å². The first-order valence-corrected chi connectivity index (χ1v) is 5.96. The zero-order valence-electron chi connectivity index (χ0n) is 10.4. The van der Waals surface area contributed by atoms with Crippen LogP contribution in [0, 0.1) is 12.8 Å². The Labute approximate surface area is 102 Å². The predicted octanol–water partition coefficient (Wildman–Crippen LogP) is 2.61. The number of methoxy groups -OCH3 is 1. The number of ketones is 1. The van der Waals surface area contributed by atoms with E-state index < -0.39 is 0 Å². The van der Waals surface area contributed by atoms with E-state index in [-0.39, 0.29) is 12.4 Å². The molecule has 0 N–H and O–H groups in total. The lowest BCUT2D eigenvalue weighted by Gasteiger charge is -2.08. The van der Waals surface area contributed by atoms with Crippen molar-refractivity contribution in [2.75, 3.05) is 20.3 Å². The van der Waals surface area contributed by atoms with Gasteiger partial charge in [-0.05, 0) is 43.4 Å². The lowest BCUT2D eigenvalue weighted by molar-refractivity contribution is 0.0737. The van der Waals surface area contributed by atoms with Crippen LogP contribution in [-0.2, 0) is 4.74 Å². The molecule has 0 aromatic heterocycles. The van der Waals surface area contributed by atoms with E-state index in [0.717, 1.165) is 5.56 Å². The quantitative estimate of drug-likeness (QED) is 0.710. The van der Waals surface area contributed by atoms with Gasteiger partial charge in [-0.3, -0.25) is 4.79 Å². The van der Waals surface area contributed by atoms with Gasteiger partial charge in [-0.1, -0.05) is 6.07 Å². The first-order valence-electron chi connectivity index (χ1n) is 5.96. The van der Waals surface area contributed by atoms with Gasteiger partial charge in [-0.15, -0.1) is 0 Å². The SMILES string of the molecule is COc1cc(C)ccc1C(=O)COCC1CC1. The molecule has 0 saturated heterocycles. The molecule has 1 fully saturated rings. The molecule has 0 heterocycles. The van der Waals surface area contributed by atoms with Gasteiger partial charge in [-0.25, -0.2) is 0 Å². The number of ether oxygens (including phenoxy) is 2. The number of aryl methyl sites for hydroxylation is 1. The Hall–Kier alpha value is -1.35. The van der Waals surface area contributed by atoms with Gasteiger partial charge in [0.1, 0.15) is 12.4 Å². The Kier molecular flexibility index (Phi) is 3.79. The molecule has 2 rings (SSSR count). The van der Waals surface area contributed by atoms with Gasteiger partial charge in [0.25, 0.3) is 0 Å². The van der Waals surface area contributed by atoms with Gasteiger partial charge in [0.05, 0.1) is 19.3 Å². The summed E-state index contributed by atoms with van der Waals surface area (Å²) in [6.07, 6.45) is 2.48. The molecule has 17 heavy (non-hydrogen) atoms. The van der Waals surface area contributed by atoms with E-state index in [4.69, 9.17) is 9.47 Å². The summed E-state index contributed by atoms with van der Waals surface area (Å²) in [4.78, 5) is 11.9. The molecular weight excluding hydrogens is 216 g/mol. The molecule has 0 radical (unpaired) electrons. The van der Waals surface area contributed by atoms with Crippen LogP contribution < -0.4 is 4.74 Å².